The molecule has 0 saturated heterocycles. The first-order valence-electron chi connectivity index (χ1n) is 18.1. The number of hydrogen-bond acceptors (Lipinski definition) is 0. The van der Waals surface area contributed by atoms with Crippen molar-refractivity contribution in [3.05, 3.63) is 129 Å². The van der Waals surface area contributed by atoms with Crippen LogP contribution in [0.2, 0.25) is 12.1 Å². The Hall–Kier alpha value is -2.54. The summed E-state index contributed by atoms with van der Waals surface area (Å²) in [5.41, 5.74) is 18.1. The molecule has 0 spiro atoms. The van der Waals surface area contributed by atoms with Gasteiger partial charge in [0.1, 0.15) is 0 Å². The molecule has 0 aliphatic heterocycles. The van der Waals surface area contributed by atoms with Crippen molar-refractivity contribution in [2.75, 3.05) is 0 Å². The second kappa shape index (κ2) is 15.6. The van der Waals surface area contributed by atoms with Gasteiger partial charge in [0.05, 0.1) is 0 Å². The average molecular weight is 699 g/mol. The van der Waals surface area contributed by atoms with Crippen LogP contribution in [0.15, 0.2) is 96.1 Å². The van der Waals surface area contributed by atoms with E-state index >= 15 is 0 Å². The molecular formula is C44H51SiZr. The molecule has 6 rings (SSSR count). The Morgan fingerprint density at radius 3 is 1.26 bits per heavy atom. The summed E-state index contributed by atoms with van der Waals surface area (Å²) in [7, 11) is 0. The molecule has 2 heteroatoms. The van der Waals surface area contributed by atoms with Crippen molar-refractivity contribution >= 4 is 18.1 Å². The summed E-state index contributed by atoms with van der Waals surface area (Å²) in [6, 6.07) is 35.9. The molecule has 0 N–H and O–H groups in total. The van der Waals surface area contributed by atoms with Gasteiger partial charge in [-0.25, -0.2) is 0 Å². The monoisotopic (exact) mass is 697 g/mol. The molecule has 2 atom stereocenters. The maximum atomic E-state index is 2.60. The van der Waals surface area contributed by atoms with Crippen LogP contribution in [0.4, 0.5) is 0 Å². The van der Waals surface area contributed by atoms with E-state index in [9.17, 15) is 0 Å². The molecule has 0 fully saturated rings. The number of hydrogen-bond donors (Lipinski definition) is 0. The van der Waals surface area contributed by atoms with E-state index < -0.39 is 5.92 Å². The van der Waals surface area contributed by atoms with Gasteiger partial charge in [-0.05, 0) is 0 Å². The summed E-state index contributed by atoms with van der Waals surface area (Å²) in [5, 5.41) is 0. The molecule has 46 heavy (non-hydrogen) atoms. The Kier molecular flexibility index (Phi) is 11.3. The molecule has 4 aromatic carbocycles. The summed E-state index contributed by atoms with van der Waals surface area (Å²) in [5.74, 6) is 0.264. The van der Waals surface area contributed by atoms with Crippen LogP contribution in [0.25, 0.3) is 34.4 Å². The molecule has 0 heterocycles. The predicted molar refractivity (Wildman–Crippen MR) is 200 cm³/mol. The van der Waals surface area contributed by atoms with E-state index in [2.05, 4.69) is 125 Å². The van der Waals surface area contributed by atoms with Gasteiger partial charge in [0, 0.05) is 0 Å². The van der Waals surface area contributed by atoms with Crippen molar-refractivity contribution in [3.8, 4) is 22.3 Å². The van der Waals surface area contributed by atoms with E-state index in [0.29, 0.717) is 11.8 Å². The van der Waals surface area contributed by atoms with E-state index in [1.807, 2.05) is 23.9 Å². The zero-order chi connectivity index (χ0) is 32.0. The number of aryl methyl sites for hydroxylation is 2. The first kappa shape index (κ1) is 33.4. The van der Waals surface area contributed by atoms with Crippen LogP contribution in [0.3, 0.4) is 0 Å². The van der Waals surface area contributed by atoms with Gasteiger partial charge in [-0.3, -0.25) is 0 Å². The van der Waals surface area contributed by atoms with E-state index in [-0.39, 0.29) is 0 Å². The van der Waals surface area contributed by atoms with Crippen molar-refractivity contribution in [2.45, 2.75) is 103 Å². The van der Waals surface area contributed by atoms with Crippen LogP contribution < -0.4 is 0 Å². The third-order valence-electron chi connectivity index (χ3n) is 10.3. The Morgan fingerprint density at radius 2 is 0.891 bits per heavy atom. The van der Waals surface area contributed by atoms with Crippen molar-refractivity contribution in [1.29, 1.82) is 0 Å². The van der Waals surface area contributed by atoms with Gasteiger partial charge >= 0.3 is 283 Å². The zero-order valence-corrected chi connectivity index (χ0v) is 32.2. The van der Waals surface area contributed by atoms with Crippen LogP contribution in [0.5, 0.6) is 0 Å². The minimum atomic E-state index is -0.953. The van der Waals surface area contributed by atoms with Gasteiger partial charge in [0.25, 0.3) is 0 Å². The van der Waals surface area contributed by atoms with Crippen LogP contribution in [0, 0.1) is 0 Å². The van der Waals surface area contributed by atoms with Crippen LogP contribution >= 0.6 is 0 Å². The molecule has 0 amide bonds. The van der Waals surface area contributed by atoms with Gasteiger partial charge in [-0.15, -0.1) is 0 Å². The van der Waals surface area contributed by atoms with Gasteiger partial charge in [-0.1, -0.05) is 13.8 Å². The average Bonchev–Trinajstić information content (AvgIpc) is 3.59. The van der Waals surface area contributed by atoms with Crippen molar-refractivity contribution < 1.29 is 23.9 Å². The zero-order valence-electron chi connectivity index (χ0n) is 28.5. The second-order valence-corrected chi connectivity index (χ2v) is 22.1. The SMILES string of the molecule is CCCC1=Cc2c(-c3ccc(CCC)cc3)cccc2C1C[SiH]([Zr])CC1C(CCC)=Cc2c(-c3ccc(CCC)cc3)cccc21. The molecular weight excluding hydrogens is 648 g/mol. The Bertz CT molecular complexity index is 1560. The third-order valence-corrected chi connectivity index (χ3v) is 15.9. The van der Waals surface area contributed by atoms with Crippen molar-refractivity contribution in [2.24, 2.45) is 0 Å². The van der Waals surface area contributed by atoms with Crippen molar-refractivity contribution in [1.82, 2.24) is 0 Å². The van der Waals surface area contributed by atoms with E-state index in [1.54, 1.807) is 22.3 Å². The molecule has 0 aromatic heterocycles. The van der Waals surface area contributed by atoms with E-state index in [1.165, 1.54) is 95.1 Å². The summed E-state index contributed by atoms with van der Waals surface area (Å²) >= 11 is 1.82. The van der Waals surface area contributed by atoms with Crippen LogP contribution in [0.1, 0.15) is 111 Å². The van der Waals surface area contributed by atoms with Gasteiger partial charge in [0.15, 0.2) is 0 Å². The number of allylic oxidation sites excluding steroid dienone is 2. The molecule has 0 bridgehead atoms. The predicted octanol–water partition coefficient (Wildman–Crippen LogP) is 12.5. The quantitative estimate of drug-likeness (QED) is 0.115. The number of benzene rings is 4. The first-order chi connectivity index (χ1) is 22.5. The Morgan fingerprint density at radius 1 is 0.500 bits per heavy atom. The van der Waals surface area contributed by atoms with E-state index in [0.717, 1.165) is 12.8 Å². The Balaban J connectivity index is 1.25. The topological polar surface area (TPSA) is 0 Å². The fourth-order valence-corrected chi connectivity index (χ4v) is 14.1. The number of fused-ring (bicyclic) bond motifs is 2. The third kappa shape index (κ3) is 7.15. The van der Waals surface area contributed by atoms with Crippen LogP contribution in [-0.2, 0) is 36.7 Å². The van der Waals surface area contributed by atoms with Gasteiger partial charge < -0.3 is 0 Å². The fourth-order valence-electron chi connectivity index (χ4n) is 8.14. The molecule has 2 aliphatic carbocycles. The Labute approximate surface area is 294 Å². The molecule has 2 unspecified atom stereocenters. The second-order valence-electron chi connectivity index (χ2n) is 13.7. The summed E-state index contributed by atoms with van der Waals surface area (Å²) < 4.78 is 0. The van der Waals surface area contributed by atoms with Gasteiger partial charge in [-0.2, -0.15) is 0 Å². The minimum absolute atomic E-state index is 0.609. The molecule has 235 valence electrons. The van der Waals surface area contributed by atoms with Crippen molar-refractivity contribution in [3.63, 3.8) is 0 Å². The first-order valence-corrected chi connectivity index (χ1v) is 24.6. The fraction of sp³-hybridized carbons (Fsp3) is 0.364. The summed E-state index contributed by atoms with van der Waals surface area (Å²) in [6.45, 7) is 9.24. The standard InChI is InChI=1S/C44H51Si.Zr/c1-5-11-31-19-23-33(24-20-31)37-15-9-17-39-41(37)27-35(13-7-3)43(39)29-45-30-44-36(14-8-4)28-42-38(16-10-18-40(42)44)34-25-21-32(12-6-2)22-26-34;/h9-10,15-28,43-45H,5-8,11-14,29-30H2,1-4H3;. The summed E-state index contributed by atoms with van der Waals surface area (Å²) in [6.07, 6.45) is 14.8. The number of rotatable bonds is 14. The normalized spacial score (nSPS) is 17.4. The van der Waals surface area contributed by atoms with Gasteiger partial charge in [0.2, 0.25) is 0 Å². The molecule has 2 aliphatic rings. The molecule has 0 saturated carbocycles. The van der Waals surface area contributed by atoms with E-state index in [4.69, 9.17) is 0 Å². The maximum absolute atomic E-state index is 2.60. The van der Waals surface area contributed by atoms with Crippen LogP contribution in [-0.4, -0.2) is 5.92 Å². The molecule has 0 radical (unpaired) electrons. The molecule has 4 aromatic rings. The summed E-state index contributed by atoms with van der Waals surface area (Å²) in [4.78, 5) is 0. The molecule has 0 nitrogen and oxygen atoms in total.